The molecule has 66 valence electrons. The zero-order chi connectivity index (χ0) is 9.14. The third-order valence-corrected chi connectivity index (χ3v) is 2.03. The first kappa shape index (κ1) is 9.51. The van der Waals surface area contributed by atoms with Crippen LogP contribution in [-0.2, 0) is 6.54 Å². The third kappa shape index (κ3) is 1.77. The molecule has 0 radical (unpaired) electrons. The number of nitrogens with zero attached hydrogens (tertiary/aromatic N) is 2. The van der Waals surface area contributed by atoms with Crippen LogP contribution >= 0.6 is 23.2 Å². The van der Waals surface area contributed by atoms with Crippen molar-refractivity contribution in [2.45, 2.75) is 6.54 Å². The Morgan fingerprint density at radius 3 is 2.83 bits per heavy atom. The summed E-state index contributed by atoms with van der Waals surface area (Å²) in [5.41, 5.74) is 4.83. The summed E-state index contributed by atoms with van der Waals surface area (Å²) in [5, 5.41) is 3.88. The van der Waals surface area contributed by atoms with Gasteiger partial charge in [-0.2, -0.15) is 5.10 Å². The van der Waals surface area contributed by atoms with E-state index in [1.54, 1.807) is 0 Å². The quantitative estimate of drug-likeness (QED) is 0.770. The molecular weight excluding hydrogens is 201 g/mol. The van der Waals surface area contributed by atoms with Crippen LogP contribution in [0.1, 0.15) is 0 Å². The molecule has 2 N–H and O–H groups in total. The molecule has 0 fully saturated rings. The highest BCUT2D eigenvalue weighted by atomic mass is 35.5. The molecule has 0 unspecified atom stereocenters. The molecule has 6 heteroatoms. The van der Waals surface area contributed by atoms with Crippen LogP contribution in [0.2, 0.25) is 10.0 Å². The molecule has 0 aromatic carbocycles. The molecular formula is C6H7Cl2N3O. The maximum atomic E-state index is 11.2. The number of nitrogens with two attached hydrogens (primary N) is 1. The van der Waals surface area contributed by atoms with Crippen LogP contribution in [0.3, 0.4) is 0 Å². The van der Waals surface area contributed by atoms with E-state index in [2.05, 4.69) is 5.10 Å². The summed E-state index contributed by atoms with van der Waals surface area (Å²) in [4.78, 5) is 11.2. The Morgan fingerprint density at radius 1 is 1.58 bits per heavy atom. The third-order valence-electron chi connectivity index (χ3n) is 1.28. The molecule has 1 aromatic heterocycles. The molecule has 0 aliphatic rings. The van der Waals surface area contributed by atoms with E-state index in [1.165, 1.54) is 10.9 Å². The van der Waals surface area contributed by atoms with Crippen molar-refractivity contribution in [3.8, 4) is 0 Å². The fraction of sp³-hybridized carbons (Fsp3) is 0.333. The number of hydrogen-bond donors (Lipinski definition) is 1. The van der Waals surface area contributed by atoms with Gasteiger partial charge in [-0.15, -0.1) is 0 Å². The number of halogens is 2. The lowest BCUT2D eigenvalue weighted by Gasteiger charge is -2.02. The Hall–Kier alpha value is -0.580. The summed E-state index contributed by atoms with van der Waals surface area (Å²) >= 11 is 11.1. The zero-order valence-electron chi connectivity index (χ0n) is 6.13. The zero-order valence-corrected chi connectivity index (χ0v) is 7.64. The maximum absolute atomic E-state index is 11.2. The van der Waals surface area contributed by atoms with Crippen LogP contribution in [-0.4, -0.2) is 16.3 Å². The SMILES string of the molecule is NCCn1ncc(Cl)c(Cl)c1=O. The Kier molecular flexibility index (Phi) is 3.08. The van der Waals surface area contributed by atoms with Gasteiger partial charge < -0.3 is 5.73 Å². The van der Waals surface area contributed by atoms with Gasteiger partial charge in [0.1, 0.15) is 5.02 Å². The standard InChI is InChI=1S/C6H7Cl2N3O/c7-4-3-10-11(2-1-9)6(12)5(4)8/h3H,1-2,9H2. The van der Waals surface area contributed by atoms with Crippen LogP contribution in [0.4, 0.5) is 0 Å². The first-order valence-electron chi connectivity index (χ1n) is 3.28. The van der Waals surface area contributed by atoms with Gasteiger partial charge in [-0.05, 0) is 0 Å². The van der Waals surface area contributed by atoms with E-state index in [0.29, 0.717) is 13.1 Å². The van der Waals surface area contributed by atoms with Gasteiger partial charge in [0, 0.05) is 6.54 Å². The van der Waals surface area contributed by atoms with Crippen molar-refractivity contribution in [1.82, 2.24) is 9.78 Å². The second kappa shape index (κ2) is 3.89. The molecule has 0 saturated heterocycles. The Bertz CT molecular complexity index is 336. The molecule has 0 amide bonds. The summed E-state index contributed by atoms with van der Waals surface area (Å²) in [5.74, 6) is 0. The van der Waals surface area contributed by atoms with Crippen LogP contribution in [0, 0.1) is 0 Å². The lowest BCUT2D eigenvalue weighted by Crippen LogP contribution is -2.26. The molecule has 0 saturated carbocycles. The average Bonchev–Trinajstić information content (AvgIpc) is 2.07. The van der Waals surface area contributed by atoms with Gasteiger partial charge in [0.05, 0.1) is 17.8 Å². The molecule has 0 aliphatic carbocycles. The van der Waals surface area contributed by atoms with Crippen molar-refractivity contribution in [3.63, 3.8) is 0 Å². The summed E-state index contributed by atoms with van der Waals surface area (Å²) in [7, 11) is 0. The number of rotatable bonds is 2. The van der Waals surface area contributed by atoms with E-state index in [0.717, 1.165) is 0 Å². The molecule has 1 aromatic rings. The topological polar surface area (TPSA) is 60.9 Å². The fourth-order valence-corrected chi connectivity index (χ4v) is 0.997. The van der Waals surface area contributed by atoms with Gasteiger partial charge >= 0.3 is 0 Å². The Balaban J connectivity index is 3.18. The molecule has 1 heterocycles. The molecule has 4 nitrogen and oxygen atoms in total. The van der Waals surface area contributed by atoms with Crippen molar-refractivity contribution < 1.29 is 0 Å². The van der Waals surface area contributed by atoms with Crippen LogP contribution < -0.4 is 11.3 Å². The van der Waals surface area contributed by atoms with Gasteiger partial charge in [0.15, 0.2) is 0 Å². The molecule has 0 aliphatic heterocycles. The Labute approximate surface area is 78.9 Å². The van der Waals surface area contributed by atoms with Crippen molar-refractivity contribution in [3.05, 3.63) is 26.6 Å². The summed E-state index contributed by atoms with van der Waals surface area (Å²) in [6, 6.07) is 0. The molecule has 0 spiro atoms. The minimum atomic E-state index is -0.408. The van der Waals surface area contributed by atoms with E-state index in [-0.39, 0.29) is 10.0 Å². The summed E-state index contributed by atoms with van der Waals surface area (Å²) in [6.07, 6.45) is 1.32. The van der Waals surface area contributed by atoms with Gasteiger partial charge in [-0.3, -0.25) is 4.79 Å². The fourth-order valence-electron chi connectivity index (χ4n) is 0.727. The van der Waals surface area contributed by atoms with Gasteiger partial charge in [-0.25, -0.2) is 4.68 Å². The lowest BCUT2D eigenvalue weighted by molar-refractivity contribution is 0.587. The van der Waals surface area contributed by atoms with Crippen LogP contribution in [0.5, 0.6) is 0 Å². The molecule has 0 bridgehead atoms. The summed E-state index contributed by atoms with van der Waals surface area (Å²) < 4.78 is 1.17. The van der Waals surface area contributed by atoms with E-state index < -0.39 is 5.56 Å². The van der Waals surface area contributed by atoms with E-state index in [4.69, 9.17) is 28.9 Å². The highest BCUT2D eigenvalue weighted by Crippen LogP contribution is 2.14. The van der Waals surface area contributed by atoms with Crippen LogP contribution in [0.25, 0.3) is 0 Å². The van der Waals surface area contributed by atoms with Gasteiger partial charge in [0.2, 0.25) is 0 Å². The first-order chi connectivity index (χ1) is 5.66. The second-order valence-electron chi connectivity index (χ2n) is 2.12. The van der Waals surface area contributed by atoms with E-state index >= 15 is 0 Å². The van der Waals surface area contributed by atoms with E-state index in [9.17, 15) is 4.79 Å². The monoisotopic (exact) mass is 207 g/mol. The molecule has 12 heavy (non-hydrogen) atoms. The normalized spacial score (nSPS) is 10.2. The van der Waals surface area contributed by atoms with Crippen molar-refractivity contribution >= 4 is 23.2 Å². The van der Waals surface area contributed by atoms with Crippen molar-refractivity contribution in [2.75, 3.05) is 6.54 Å². The Morgan fingerprint density at radius 2 is 2.25 bits per heavy atom. The minimum absolute atomic E-state index is 0.0138. The van der Waals surface area contributed by atoms with Crippen molar-refractivity contribution in [2.24, 2.45) is 5.73 Å². The largest absolute Gasteiger partial charge is 0.329 e. The average molecular weight is 208 g/mol. The van der Waals surface area contributed by atoms with Crippen LogP contribution in [0.15, 0.2) is 11.0 Å². The van der Waals surface area contributed by atoms with E-state index in [1.807, 2.05) is 0 Å². The highest BCUT2D eigenvalue weighted by molar-refractivity contribution is 6.41. The smallest absolute Gasteiger partial charge is 0.287 e. The van der Waals surface area contributed by atoms with Gasteiger partial charge in [-0.1, -0.05) is 23.2 Å². The van der Waals surface area contributed by atoms with Gasteiger partial charge in [0.25, 0.3) is 5.56 Å². The highest BCUT2D eigenvalue weighted by Gasteiger charge is 2.05. The molecule has 1 rings (SSSR count). The first-order valence-corrected chi connectivity index (χ1v) is 4.03. The number of hydrogen-bond acceptors (Lipinski definition) is 3. The van der Waals surface area contributed by atoms with Crippen molar-refractivity contribution in [1.29, 1.82) is 0 Å². The second-order valence-corrected chi connectivity index (χ2v) is 2.91. The summed E-state index contributed by atoms with van der Waals surface area (Å²) in [6.45, 7) is 0.681. The maximum Gasteiger partial charge on any atom is 0.287 e. The predicted octanol–water partition coefficient (Wildman–Crippen LogP) is 0.509. The molecule has 0 atom stereocenters. The lowest BCUT2D eigenvalue weighted by atomic mass is 10.5. The minimum Gasteiger partial charge on any atom is -0.329 e. The number of aromatic nitrogens is 2. The predicted molar refractivity (Wildman–Crippen MR) is 47.6 cm³/mol.